The third-order valence-electron chi connectivity index (χ3n) is 3.14. The normalized spacial score (nSPS) is 10.3. The standard InChI is InChI=1S/C15H15N3O5S/c1-8-5-4-6-11(18(21)22)13(8)17-12(19)7-23-15(20)14-9(2)16-10(3)24-14/h4-6H,7H2,1-3H3,(H,17,19). The number of aromatic nitrogens is 1. The van der Waals surface area contributed by atoms with Crippen molar-refractivity contribution >= 4 is 34.6 Å². The molecule has 0 saturated heterocycles. The van der Waals surface area contributed by atoms with E-state index in [0.717, 1.165) is 5.01 Å². The molecule has 2 rings (SSSR count). The Morgan fingerprint density at radius 2 is 2.04 bits per heavy atom. The summed E-state index contributed by atoms with van der Waals surface area (Å²) in [5, 5.41) is 14.1. The summed E-state index contributed by atoms with van der Waals surface area (Å²) in [5.74, 6) is -1.30. The number of benzene rings is 1. The molecule has 0 aliphatic heterocycles. The average molecular weight is 349 g/mol. The molecule has 1 N–H and O–H groups in total. The maximum Gasteiger partial charge on any atom is 0.350 e. The predicted molar refractivity (Wildman–Crippen MR) is 88.3 cm³/mol. The van der Waals surface area contributed by atoms with Crippen molar-refractivity contribution in [3.63, 3.8) is 0 Å². The lowest BCUT2D eigenvalue weighted by Crippen LogP contribution is -2.21. The van der Waals surface area contributed by atoms with Crippen molar-refractivity contribution < 1.29 is 19.2 Å². The van der Waals surface area contributed by atoms with Crippen LogP contribution in [-0.2, 0) is 9.53 Å². The molecular weight excluding hydrogens is 334 g/mol. The van der Waals surface area contributed by atoms with Gasteiger partial charge in [0.25, 0.3) is 11.6 Å². The van der Waals surface area contributed by atoms with Crippen LogP contribution in [0.5, 0.6) is 0 Å². The minimum absolute atomic E-state index is 0.0911. The number of carbonyl (C=O) groups is 2. The molecule has 1 heterocycles. The number of nitrogens with zero attached hydrogens (tertiary/aromatic N) is 2. The Hall–Kier alpha value is -2.81. The van der Waals surface area contributed by atoms with Crippen LogP contribution in [-0.4, -0.2) is 28.4 Å². The smallest absolute Gasteiger partial charge is 0.350 e. The molecule has 0 atom stereocenters. The van der Waals surface area contributed by atoms with E-state index < -0.39 is 23.4 Å². The Balaban J connectivity index is 2.03. The Bertz CT molecular complexity index is 815. The SMILES string of the molecule is Cc1nc(C)c(C(=O)OCC(=O)Nc2c(C)cccc2[N+](=O)[O-])s1. The van der Waals surface area contributed by atoms with E-state index in [9.17, 15) is 19.7 Å². The van der Waals surface area contributed by atoms with Gasteiger partial charge in [-0.05, 0) is 26.3 Å². The number of para-hydroxylation sites is 1. The fourth-order valence-electron chi connectivity index (χ4n) is 2.06. The Morgan fingerprint density at radius 1 is 1.33 bits per heavy atom. The van der Waals surface area contributed by atoms with Gasteiger partial charge in [-0.1, -0.05) is 12.1 Å². The predicted octanol–water partition coefficient (Wildman–Crippen LogP) is 2.77. The van der Waals surface area contributed by atoms with E-state index in [4.69, 9.17) is 4.74 Å². The summed E-state index contributed by atoms with van der Waals surface area (Å²) in [6.07, 6.45) is 0. The second-order valence-electron chi connectivity index (χ2n) is 5.00. The van der Waals surface area contributed by atoms with Crippen LogP contribution in [0, 0.1) is 30.9 Å². The molecule has 0 bridgehead atoms. The maximum absolute atomic E-state index is 11.9. The molecule has 0 aliphatic rings. The molecular formula is C15H15N3O5S. The molecule has 0 saturated carbocycles. The summed E-state index contributed by atoms with van der Waals surface area (Å²) < 4.78 is 4.95. The van der Waals surface area contributed by atoms with Crippen molar-refractivity contribution in [2.75, 3.05) is 11.9 Å². The first-order chi connectivity index (χ1) is 11.3. The Labute approximate surface area is 141 Å². The number of nitrogens with one attached hydrogen (secondary N) is 1. The lowest BCUT2D eigenvalue weighted by Gasteiger charge is -2.09. The number of amides is 1. The zero-order valence-corrected chi connectivity index (χ0v) is 14.1. The minimum atomic E-state index is -0.653. The molecule has 1 aromatic carbocycles. The third kappa shape index (κ3) is 3.93. The molecule has 8 nitrogen and oxygen atoms in total. The van der Waals surface area contributed by atoms with Crippen molar-refractivity contribution in [3.8, 4) is 0 Å². The molecule has 0 spiro atoms. The van der Waals surface area contributed by atoms with Crippen LogP contribution in [0.2, 0.25) is 0 Å². The number of nitro groups is 1. The molecule has 0 aliphatic carbocycles. The van der Waals surface area contributed by atoms with Gasteiger partial charge in [0.15, 0.2) is 6.61 Å². The first kappa shape index (κ1) is 17.5. The highest BCUT2D eigenvalue weighted by Gasteiger charge is 2.20. The van der Waals surface area contributed by atoms with Gasteiger partial charge >= 0.3 is 5.97 Å². The average Bonchev–Trinajstić information content (AvgIpc) is 2.85. The first-order valence-corrected chi connectivity index (χ1v) is 7.76. The highest BCUT2D eigenvalue weighted by Crippen LogP contribution is 2.27. The number of aryl methyl sites for hydroxylation is 3. The largest absolute Gasteiger partial charge is 0.451 e. The van der Waals surface area contributed by atoms with Crippen molar-refractivity contribution in [2.45, 2.75) is 20.8 Å². The van der Waals surface area contributed by atoms with Crippen LogP contribution in [0.3, 0.4) is 0 Å². The number of nitro benzene ring substituents is 1. The summed E-state index contributed by atoms with van der Waals surface area (Å²) in [5.41, 5.74) is 0.951. The summed E-state index contributed by atoms with van der Waals surface area (Å²) >= 11 is 1.18. The molecule has 1 amide bonds. The number of ether oxygens (including phenoxy) is 1. The topological polar surface area (TPSA) is 111 Å². The molecule has 126 valence electrons. The van der Waals surface area contributed by atoms with E-state index in [1.807, 2.05) is 0 Å². The quantitative estimate of drug-likeness (QED) is 0.505. The van der Waals surface area contributed by atoms with Gasteiger partial charge in [0.2, 0.25) is 0 Å². The van der Waals surface area contributed by atoms with Crippen molar-refractivity contribution in [1.29, 1.82) is 0 Å². The summed E-state index contributed by atoms with van der Waals surface area (Å²) in [7, 11) is 0. The van der Waals surface area contributed by atoms with Crippen LogP contribution in [0.1, 0.15) is 25.9 Å². The second kappa shape index (κ2) is 7.18. The number of hydrogen-bond acceptors (Lipinski definition) is 7. The van der Waals surface area contributed by atoms with Gasteiger partial charge < -0.3 is 10.1 Å². The van der Waals surface area contributed by atoms with Crippen LogP contribution in [0.15, 0.2) is 18.2 Å². The molecule has 0 unspecified atom stereocenters. The molecule has 2 aromatic rings. The zero-order valence-electron chi connectivity index (χ0n) is 13.3. The van der Waals surface area contributed by atoms with Crippen molar-refractivity contribution in [2.24, 2.45) is 0 Å². The number of rotatable bonds is 5. The number of esters is 1. The maximum atomic E-state index is 11.9. The van der Waals surface area contributed by atoms with E-state index in [1.165, 1.54) is 23.5 Å². The van der Waals surface area contributed by atoms with Gasteiger partial charge in [0.05, 0.1) is 15.6 Å². The zero-order chi connectivity index (χ0) is 17.9. The fraction of sp³-hybridized carbons (Fsp3) is 0.267. The number of thiazole rings is 1. The van der Waals surface area contributed by atoms with E-state index in [0.29, 0.717) is 16.1 Å². The monoisotopic (exact) mass is 349 g/mol. The van der Waals surface area contributed by atoms with Gasteiger partial charge in [-0.25, -0.2) is 9.78 Å². The number of anilines is 1. The number of hydrogen-bond donors (Lipinski definition) is 1. The highest BCUT2D eigenvalue weighted by atomic mass is 32.1. The highest BCUT2D eigenvalue weighted by molar-refractivity contribution is 7.13. The van der Waals surface area contributed by atoms with Crippen LogP contribution in [0.25, 0.3) is 0 Å². The van der Waals surface area contributed by atoms with Gasteiger partial charge in [-0.15, -0.1) is 11.3 Å². The molecule has 1 aromatic heterocycles. The van der Waals surface area contributed by atoms with Crippen molar-refractivity contribution in [1.82, 2.24) is 4.98 Å². The van der Waals surface area contributed by atoms with Gasteiger partial charge in [-0.3, -0.25) is 14.9 Å². The van der Waals surface area contributed by atoms with E-state index in [-0.39, 0.29) is 11.4 Å². The molecule has 24 heavy (non-hydrogen) atoms. The molecule has 9 heteroatoms. The van der Waals surface area contributed by atoms with Crippen LogP contribution < -0.4 is 5.32 Å². The van der Waals surface area contributed by atoms with E-state index in [1.54, 1.807) is 26.8 Å². The summed E-state index contributed by atoms with van der Waals surface area (Å²) in [6.45, 7) is 4.54. The first-order valence-electron chi connectivity index (χ1n) is 6.94. The second-order valence-corrected chi connectivity index (χ2v) is 6.20. The van der Waals surface area contributed by atoms with Crippen molar-refractivity contribution in [3.05, 3.63) is 49.5 Å². The minimum Gasteiger partial charge on any atom is -0.451 e. The fourth-order valence-corrected chi connectivity index (χ4v) is 2.87. The lowest BCUT2D eigenvalue weighted by molar-refractivity contribution is -0.384. The number of carbonyl (C=O) groups excluding carboxylic acids is 2. The van der Waals surface area contributed by atoms with Crippen LogP contribution >= 0.6 is 11.3 Å². The van der Waals surface area contributed by atoms with E-state index in [2.05, 4.69) is 10.3 Å². The Morgan fingerprint density at radius 3 is 2.62 bits per heavy atom. The van der Waals surface area contributed by atoms with Gasteiger partial charge in [-0.2, -0.15) is 0 Å². The van der Waals surface area contributed by atoms with Gasteiger partial charge in [0, 0.05) is 6.07 Å². The third-order valence-corrected chi connectivity index (χ3v) is 4.19. The molecule has 0 radical (unpaired) electrons. The Kier molecular flexibility index (Phi) is 5.24. The summed E-state index contributed by atoms with van der Waals surface area (Å²) in [6, 6.07) is 4.45. The van der Waals surface area contributed by atoms with Crippen LogP contribution in [0.4, 0.5) is 11.4 Å². The van der Waals surface area contributed by atoms with E-state index >= 15 is 0 Å². The summed E-state index contributed by atoms with van der Waals surface area (Å²) in [4.78, 5) is 38.8. The lowest BCUT2D eigenvalue weighted by atomic mass is 10.1. The van der Waals surface area contributed by atoms with Gasteiger partial charge in [0.1, 0.15) is 10.6 Å². The molecule has 0 fully saturated rings.